The highest BCUT2D eigenvalue weighted by Gasteiger charge is 2.34. The van der Waals surface area contributed by atoms with E-state index in [1.54, 1.807) is 76.3 Å². The highest BCUT2D eigenvalue weighted by atomic mass is 19.4. The summed E-state index contributed by atoms with van der Waals surface area (Å²) in [6.07, 6.45) is 13.9. The second kappa shape index (κ2) is 31.7. The largest absolute Gasteiger partial charge is 0.493 e. The van der Waals surface area contributed by atoms with Crippen molar-refractivity contribution in [3.8, 4) is 67.7 Å². The molecule has 0 saturated carbocycles. The minimum absolute atomic E-state index is 0.0723. The Morgan fingerprint density at radius 3 is 1.23 bits per heavy atom. The fourth-order valence-electron chi connectivity index (χ4n) is 14.3. The third-order valence-electron chi connectivity index (χ3n) is 20.5. The lowest BCUT2D eigenvalue weighted by Crippen LogP contribution is -2.43. The van der Waals surface area contributed by atoms with Crippen molar-refractivity contribution in [1.29, 1.82) is 0 Å². The molecule has 0 amide bonds. The summed E-state index contributed by atoms with van der Waals surface area (Å²) in [6, 6.07) is 41.9. The third kappa shape index (κ3) is 15.7. The van der Waals surface area contributed by atoms with E-state index in [9.17, 15) is 32.3 Å². The van der Waals surface area contributed by atoms with E-state index in [2.05, 4.69) is 67.5 Å². The Kier molecular flexibility index (Phi) is 20.8. The van der Waals surface area contributed by atoms with Crippen LogP contribution in [0.4, 0.5) is 30.2 Å². The van der Waals surface area contributed by atoms with Crippen molar-refractivity contribution in [3.05, 3.63) is 271 Å². The van der Waals surface area contributed by atoms with Crippen LogP contribution in [-0.4, -0.2) is 163 Å². The van der Waals surface area contributed by atoms with Crippen LogP contribution in [0.15, 0.2) is 221 Å². The molecule has 15 aromatic heterocycles. The Balaban J connectivity index is 0.000000115. The van der Waals surface area contributed by atoms with Crippen molar-refractivity contribution in [3.63, 3.8) is 0 Å². The lowest BCUT2D eigenvalue weighted by molar-refractivity contribution is -0.140. The molecule has 0 atom stereocenters. The molecular formula is C84H80F3N21O6. The highest BCUT2D eigenvalue weighted by molar-refractivity contribution is 5.71. The number of ether oxygens (including phenoxy) is 2. The number of fused-ring (bicyclic) bond motifs is 7. The number of pyridine rings is 8. The molecule has 3 N–H and O–H groups in total. The van der Waals surface area contributed by atoms with Crippen molar-refractivity contribution < 1.29 is 22.6 Å². The van der Waals surface area contributed by atoms with E-state index in [1.165, 1.54) is 33.2 Å². The number of benzene rings is 1. The molecule has 578 valence electrons. The molecule has 3 fully saturated rings. The van der Waals surface area contributed by atoms with E-state index >= 15 is 0 Å². The molecule has 3 aliphatic rings. The summed E-state index contributed by atoms with van der Waals surface area (Å²) in [4.78, 5) is 93.4. The minimum Gasteiger partial charge on any atom is -0.493 e. The topological polar surface area (TPSA) is 267 Å². The van der Waals surface area contributed by atoms with E-state index in [4.69, 9.17) is 19.4 Å². The Morgan fingerprint density at radius 2 is 0.772 bits per heavy atom. The van der Waals surface area contributed by atoms with Gasteiger partial charge in [-0.05, 0) is 154 Å². The highest BCUT2D eigenvalue weighted by Crippen LogP contribution is 2.34. The summed E-state index contributed by atoms with van der Waals surface area (Å²) in [5.74, 6) is 1.21. The first-order chi connectivity index (χ1) is 55.3. The first-order valence-corrected chi connectivity index (χ1v) is 37.4. The maximum Gasteiger partial charge on any atom is 0.434 e. The van der Waals surface area contributed by atoms with E-state index in [-0.39, 0.29) is 27.9 Å². The number of methoxy groups -OCH3 is 2. The molecule has 114 heavy (non-hydrogen) atoms. The maximum atomic E-state index is 12.9. The Morgan fingerprint density at radius 1 is 0.377 bits per heavy atom. The van der Waals surface area contributed by atoms with Crippen molar-refractivity contribution in [2.75, 3.05) is 107 Å². The molecule has 0 spiro atoms. The van der Waals surface area contributed by atoms with Gasteiger partial charge in [-0.2, -0.15) is 13.2 Å². The fourth-order valence-corrected chi connectivity index (χ4v) is 14.3. The summed E-state index contributed by atoms with van der Waals surface area (Å²) < 4.78 is 61.0. The van der Waals surface area contributed by atoms with Gasteiger partial charge in [-0.25, -0.2) is 34.9 Å². The van der Waals surface area contributed by atoms with Gasteiger partial charge in [0.2, 0.25) is 0 Å². The number of hydrogen-bond acceptors (Lipinski definition) is 20. The zero-order valence-electron chi connectivity index (χ0n) is 63.4. The standard InChI is InChI=1S/C22H19N3O3.2C21H22N6O.C20H17F3N6O/c1-14-10-15(8-9-23-14)17-5-7-21-24-18(12-22(26)25(21)13-17)16-4-6-19(27-2)20(11-16)28-3;1-14-15(2)26-12-16(3-5-19(26)23-14)18-11-21(28)27-13-17(4-6-20(27)24-18)25-9-7-22-8-10-25;1-2-16-13-26-12-15(3-5-19(26)23-16)18-11-21(28)27-14-17(4-6-20(27)24-18)25-9-7-22-8-10-25;21-20(22,23)16-12-28-10-13(1-3-17(28)26-16)15-9-19(30)29-11-14(2-4-18(29)25-15)27-7-5-24-6-8-27/h4-13H,1-3H3;3-6,11-13,22H,7-10H2,1-2H3;3-6,11-14,22H,2,7-10H2,1H3;1-4,9-12,24H,5-8H2. The van der Waals surface area contributed by atoms with Gasteiger partial charge in [0.25, 0.3) is 22.2 Å². The zero-order valence-corrected chi connectivity index (χ0v) is 63.4. The number of aromatic nitrogens is 15. The van der Waals surface area contributed by atoms with Gasteiger partial charge in [-0.3, -0.25) is 41.8 Å². The predicted octanol–water partition coefficient (Wildman–Crippen LogP) is 10.2. The fraction of sp³-hybridized carbons (Fsp3) is 0.238. The number of nitrogens with one attached hydrogen (secondary N) is 3. The van der Waals surface area contributed by atoms with Crippen LogP contribution in [0.2, 0.25) is 0 Å². The molecule has 30 heteroatoms. The normalized spacial score (nSPS) is 14.0. The van der Waals surface area contributed by atoms with Crippen LogP contribution in [0.1, 0.15) is 35.4 Å². The van der Waals surface area contributed by atoms with E-state index in [1.807, 2.05) is 152 Å². The first-order valence-electron chi connectivity index (χ1n) is 37.4. The molecule has 0 radical (unpaired) electrons. The third-order valence-corrected chi connectivity index (χ3v) is 20.5. The van der Waals surface area contributed by atoms with Crippen LogP contribution in [0, 0.1) is 20.8 Å². The lowest BCUT2D eigenvalue weighted by Gasteiger charge is -2.29. The van der Waals surface area contributed by atoms with Crippen molar-refractivity contribution in [2.24, 2.45) is 0 Å². The van der Waals surface area contributed by atoms with Crippen LogP contribution in [0.5, 0.6) is 11.5 Å². The Hall–Kier alpha value is -13.5. The van der Waals surface area contributed by atoms with Gasteiger partial charge in [0.1, 0.15) is 39.5 Å². The number of halogens is 3. The lowest BCUT2D eigenvalue weighted by atomic mass is 10.1. The number of imidazole rings is 3. The summed E-state index contributed by atoms with van der Waals surface area (Å²) in [7, 11) is 3.16. The van der Waals surface area contributed by atoms with Crippen molar-refractivity contribution in [1.82, 2.24) is 86.6 Å². The summed E-state index contributed by atoms with van der Waals surface area (Å²) >= 11 is 0. The number of rotatable bonds is 11. The van der Waals surface area contributed by atoms with E-state index in [0.717, 1.165) is 170 Å². The molecule has 27 nitrogen and oxygen atoms in total. The maximum absolute atomic E-state index is 12.9. The SMILES string of the molecule is CCc1cn2cc(-c3cc(=O)n4cc(N5CCNCC5)ccc4n3)ccc2n1.COc1ccc(-c2cc(=O)n3cc(-c4ccnc(C)c4)ccc3n2)cc1OC.Cc1nc2ccc(-c3cc(=O)n4cc(N5CCNCC5)ccc4n3)cn2c1C.O=c1cc(-c2ccc3nc(C(F)(F)F)cn3c2)nc2ccc(N3CCNCC3)cn12. The van der Waals surface area contributed by atoms with Gasteiger partial charge in [0.05, 0.1) is 65.4 Å². The van der Waals surface area contributed by atoms with Gasteiger partial charge in [0, 0.05) is 198 Å². The molecule has 1 aromatic carbocycles. The van der Waals surface area contributed by atoms with Crippen LogP contribution in [0.25, 0.3) is 95.7 Å². The quantitative estimate of drug-likeness (QED) is 0.109. The predicted molar refractivity (Wildman–Crippen MR) is 434 cm³/mol. The first kappa shape index (κ1) is 74.6. The molecule has 18 heterocycles. The van der Waals surface area contributed by atoms with Crippen LogP contribution in [0.3, 0.4) is 0 Å². The number of hydrogen-bond donors (Lipinski definition) is 3. The smallest absolute Gasteiger partial charge is 0.434 e. The Bertz CT molecular complexity index is 6590. The zero-order chi connectivity index (χ0) is 78.9. The van der Waals surface area contributed by atoms with Crippen LogP contribution < -0.4 is 62.4 Å². The van der Waals surface area contributed by atoms with Gasteiger partial charge in [-0.1, -0.05) is 6.92 Å². The summed E-state index contributed by atoms with van der Waals surface area (Å²) in [5, 5.41) is 9.98. The molecule has 0 aliphatic carbocycles. The van der Waals surface area contributed by atoms with Gasteiger partial charge in [-0.15, -0.1) is 0 Å². The second-order valence-corrected chi connectivity index (χ2v) is 27.9. The average molecular weight is 1540 g/mol. The van der Waals surface area contributed by atoms with Crippen molar-refractivity contribution >= 4 is 56.6 Å². The Labute approximate surface area is 649 Å². The number of piperazine rings is 3. The van der Waals surface area contributed by atoms with E-state index < -0.39 is 11.9 Å². The summed E-state index contributed by atoms with van der Waals surface area (Å²) in [6.45, 7) is 19.1. The van der Waals surface area contributed by atoms with Crippen LogP contribution >= 0.6 is 0 Å². The number of nitrogens with zero attached hydrogens (tertiary/aromatic N) is 18. The molecule has 19 rings (SSSR count). The molecular weight excluding hydrogens is 1460 g/mol. The molecule has 3 saturated heterocycles. The number of alkyl halides is 3. The number of anilines is 3. The number of aryl methyl sites for hydroxylation is 4. The molecule has 0 unspecified atom stereocenters. The molecule has 0 bridgehead atoms. The summed E-state index contributed by atoms with van der Waals surface area (Å²) in [5.41, 5.74) is 17.3. The van der Waals surface area contributed by atoms with E-state index in [0.29, 0.717) is 62.4 Å². The molecule has 3 aliphatic heterocycles. The van der Waals surface area contributed by atoms with Gasteiger partial charge < -0.3 is 53.3 Å². The minimum atomic E-state index is -4.52. The average Bonchev–Trinajstić information content (AvgIpc) is 1.34. The second-order valence-electron chi connectivity index (χ2n) is 27.9. The van der Waals surface area contributed by atoms with Crippen molar-refractivity contribution in [2.45, 2.75) is 40.3 Å². The van der Waals surface area contributed by atoms with Gasteiger partial charge in [0.15, 0.2) is 17.2 Å². The van der Waals surface area contributed by atoms with Gasteiger partial charge >= 0.3 is 6.18 Å². The monoisotopic (exact) mass is 1540 g/mol. The van der Waals surface area contributed by atoms with Crippen LogP contribution in [-0.2, 0) is 12.6 Å². The molecule has 16 aromatic rings.